The fourth-order valence-corrected chi connectivity index (χ4v) is 2.31. The Kier molecular flexibility index (Phi) is 3.80. The molecule has 0 radical (unpaired) electrons. The van der Waals surface area contributed by atoms with Crippen LogP contribution in [0, 0.1) is 0 Å². The van der Waals surface area contributed by atoms with Crippen LogP contribution >= 0.6 is 0 Å². The molecule has 1 unspecified atom stereocenters. The summed E-state index contributed by atoms with van der Waals surface area (Å²) in [5.41, 5.74) is 1.90. The van der Waals surface area contributed by atoms with Gasteiger partial charge >= 0.3 is 0 Å². The van der Waals surface area contributed by atoms with Crippen LogP contribution in [-0.4, -0.2) is 5.54 Å². The highest BCUT2D eigenvalue weighted by Crippen LogP contribution is 2.37. The topological polar surface area (TPSA) is 30.5 Å². The maximum absolute atomic E-state index is 6.09. The van der Waals surface area contributed by atoms with Crippen LogP contribution in [-0.2, 0) is 9.47 Å². The number of ether oxygens (including phenoxy) is 2. The summed E-state index contributed by atoms with van der Waals surface area (Å²) < 4.78 is 12.1. The number of rotatable bonds is 3. The first-order chi connectivity index (χ1) is 10.5. The summed E-state index contributed by atoms with van der Waals surface area (Å²) in [6, 6.07) is 20.0. The van der Waals surface area contributed by atoms with Crippen LogP contribution in [0.2, 0.25) is 0 Å². The highest BCUT2D eigenvalue weighted by molar-refractivity contribution is 5.63. The van der Waals surface area contributed by atoms with Crippen molar-refractivity contribution in [3.8, 4) is 0 Å². The first-order valence-corrected chi connectivity index (χ1v) is 7.49. The van der Waals surface area contributed by atoms with Gasteiger partial charge in [0.1, 0.15) is 0 Å². The molecule has 114 valence electrons. The van der Waals surface area contributed by atoms with E-state index in [-0.39, 0.29) is 5.54 Å². The van der Waals surface area contributed by atoms with Crippen LogP contribution in [0.4, 0.5) is 0 Å². The van der Waals surface area contributed by atoms with E-state index in [1.807, 2.05) is 60.7 Å². The van der Waals surface area contributed by atoms with Crippen molar-refractivity contribution in [2.24, 2.45) is 0 Å². The fourth-order valence-electron chi connectivity index (χ4n) is 2.31. The summed E-state index contributed by atoms with van der Waals surface area (Å²) in [6.45, 7) is 6.30. The van der Waals surface area contributed by atoms with E-state index in [2.05, 4.69) is 26.1 Å². The summed E-state index contributed by atoms with van der Waals surface area (Å²) >= 11 is 0. The van der Waals surface area contributed by atoms with Gasteiger partial charge in [0.25, 0.3) is 6.29 Å². The largest absolute Gasteiger partial charge is 0.444 e. The molecule has 0 saturated heterocycles. The Balaban J connectivity index is 1.92. The average Bonchev–Trinajstić information content (AvgIpc) is 2.91. The van der Waals surface area contributed by atoms with Crippen LogP contribution in [0.25, 0.3) is 5.76 Å². The molecule has 1 aliphatic heterocycles. The Morgan fingerprint density at radius 2 is 1.41 bits per heavy atom. The van der Waals surface area contributed by atoms with Gasteiger partial charge < -0.3 is 14.8 Å². The number of hydrogen-bond acceptors (Lipinski definition) is 3. The summed E-state index contributed by atoms with van der Waals surface area (Å²) in [7, 11) is 0. The van der Waals surface area contributed by atoms with Gasteiger partial charge in [0.2, 0.25) is 5.88 Å². The van der Waals surface area contributed by atoms with Crippen LogP contribution in [0.15, 0.2) is 66.5 Å². The van der Waals surface area contributed by atoms with Crippen molar-refractivity contribution in [1.82, 2.24) is 5.32 Å². The maximum Gasteiger partial charge on any atom is 0.269 e. The molecule has 1 aliphatic rings. The van der Waals surface area contributed by atoms with E-state index in [9.17, 15) is 0 Å². The van der Waals surface area contributed by atoms with Crippen LogP contribution < -0.4 is 5.32 Å². The Morgan fingerprint density at radius 3 is 2.00 bits per heavy atom. The smallest absolute Gasteiger partial charge is 0.269 e. The Labute approximate surface area is 131 Å². The third-order valence-electron chi connectivity index (χ3n) is 3.25. The van der Waals surface area contributed by atoms with Crippen molar-refractivity contribution in [3.63, 3.8) is 0 Å². The van der Waals surface area contributed by atoms with Gasteiger partial charge in [-0.05, 0) is 20.8 Å². The molecule has 0 fully saturated rings. The van der Waals surface area contributed by atoms with E-state index in [0.717, 1.165) is 16.9 Å². The lowest BCUT2D eigenvalue weighted by Crippen LogP contribution is -2.35. The zero-order chi connectivity index (χ0) is 15.6. The molecule has 2 aromatic rings. The van der Waals surface area contributed by atoms with Crippen LogP contribution in [0.3, 0.4) is 0 Å². The highest BCUT2D eigenvalue weighted by Gasteiger charge is 2.31. The molecule has 1 atom stereocenters. The van der Waals surface area contributed by atoms with Gasteiger partial charge in [-0.1, -0.05) is 60.7 Å². The molecular formula is C19H21NO2. The normalized spacial score (nSPS) is 17.9. The monoisotopic (exact) mass is 295 g/mol. The van der Waals surface area contributed by atoms with E-state index < -0.39 is 6.29 Å². The molecule has 1 heterocycles. The quantitative estimate of drug-likeness (QED) is 0.907. The van der Waals surface area contributed by atoms with Gasteiger partial charge in [-0.2, -0.15) is 0 Å². The lowest BCUT2D eigenvalue weighted by Gasteiger charge is -2.22. The SMILES string of the molecule is CC(C)(C)NC1=C(c2ccccc2)OC(c2ccccc2)O1. The number of hydrogen-bond donors (Lipinski definition) is 1. The minimum atomic E-state index is -0.416. The molecule has 0 amide bonds. The van der Waals surface area contributed by atoms with E-state index in [1.165, 1.54) is 0 Å². The summed E-state index contributed by atoms with van der Waals surface area (Å²) in [5.74, 6) is 1.44. The molecule has 3 rings (SSSR count). The van der Waals surface area contributed by atoms with E-state index in [4.69, 9.17) is 9.47 Å². The Morgan fingerprint density at radius 1 is 0.818 bits per heavy atom. The molecule has 3 heteroatoms. The fraction of sp³-hybridized carbons (Fsp3) is 0.263. The van der Waals surface area contributed by atoms with Crippen molar-refractivity contribution < 1.29 is 9.47 Å². The summed E-state index contributed by atoms with van der Waals surface area (Å²) in [5, 5.41) is 3.40. The van der Waals surface area contributed by atoms with Gasteiger partial charge in [0.15, 0.2) is 5.76 Å². The van der Waals surface area contributed by atoms with Gasteiger partial charge in [-0.15, -0.1) is 0 Å². The molecule has 0 spiro atoms. The molecule has 2 aromatic carbocycles. The Hall–Kier alpha value is -2.42. The minimum absolute atomic E-state index is 0.107. The number of nitrogens with one attached hydrogen (secondary N) is 1. The second-order valence-electron chi connectivity index (χ2n) is 6.38. The van der Waals surface area contributed by atoms with Gasteiger partial charge in [0, 0.05) is 16.7 Å². The van der Waals surface area contributed by atoms with Gasteiger partial charge in [0.05, 0.1) is 0 Å². The molecule has 0 bridgehead atoms. The first-order valence-electron chi connectivity index (χ1n) is 7.49. The molecule has 1 N–H and O–H groups in total. The lowest BCUT2D eigenvalue weighted by atomic mass is 10.1. The van der Waals surface area contributed by atoms with Crippen molar-refractivity contribution in [3.05, 3.63) is 77.7 Å². The molecule has 0 aliphatic carbocycles. The number of benzene rings is 2. The highest BCUT2D eigenvalue weighted by atomic mass is 16.7. The molecule has 22 heavy (non-hydrogen) atoms. The molecular weight excluding hydrogens is 274 g/mol. The van der Waals surface area contributed by atoms with Crippen LogP contribution in [0.5, 0.6) is 0 Å². The summed E-state index contributed by atoms with van der Waals surface area (Å²) in [6.07, 6.45) is -0.416. The van der Waals surface area contributed by atoms with E-state index in [0.29, 0.717) is 5.88 Å². The molecule has 3 nitrogen and oxygen atoms in total. The van der Waals surface area contributed by atoms with Crippen molar-refractivity contribution >= 4 is 5.76 Å². The van der Waals surface area contributed by atoms with Gasteiger partial charge in [-0.3, -0.25) is 0 Å². The van der Waals surface area contributed by atoms with E-state index >= 15 is 0 Å². The third-order valence-corrected chi connectivity index (χ3v) is 3.25. The van der Waals surface area contributed by atoms with E-state index in [1.54, 1.807) is 0 Å². The van der Waals surface area contributed by atoms with Crippen LogP contribution in [0.1, 0.15) is 38.2 Å². The standard InChI is InChI=1S/C19H21NO2/c1-19(2,3)20-17-16(14-10-6-4-7-11-14)21-18(22-17)15-12-8-5-9-13-15/h4-13,18,20H,1-3H3. The minimum Gasteiger partial charge on any atom is -0.444 e. The zero-order valence-electron chi connectivity index (χ0n) is 13.2. The Bertz CT molecular complexity index is 657. The third kappa shape index (κ3) is 3.25. The maximum atomic E-state index is 6.09. The second kappa shape index (κ2) is 5.76. The average molecular weight is 295 g/mol. The van der Waals surface area contributed by atoms with Crippen molar-refractivity contribution in [2.75, 3.05) is 0 Å². The predicted molar refractivity (Wildman–Crippen MR) is 87.6 cm³/mol. The summed E-state index contributed by atoms with van der Waals surface area (Å²) in [4.78, 5) is 0. The molecule has 0 saturated carbocycles. The second-order valence-corrected chi connectivity index (χ2v) is 6.38. The van der Waals surface area contributed by atoms with Crippen molar-refractivity contribution in [1.29, 1.82) is 0 Å². The first kappa shape index (κ1) is 14.5. The lowest BCUT2D eigenvalue weighted by molar-refractivity contribution is -0.0341. The predicted octanol–water partition coefficient (Wildman–Crippen LogP) is 4.45. The van der Waals surface area contributed by atoms with Crippen molar-refractivity contribution in [2.45, 2.75) is 32.6 Å². The zero-order valence-corrected chi connectivity index (χ0v) is 13.2. The molecule has 0 aromatic heterocycles. The van der Waals surface area contributed by atoms with Gasteiger partial charge in [-0.25, -0.2) is 0 Å².